The van der Waals surface area contributed by atoms with Crippen molar-refractivity contribution in [3.05, 3.63) is 5.01 Å². The minimum Gasteiger partial charge on any atom is -0.355 e. The molecule has 2 rings (SSSR count). The minimum atomic E-state index is 0.163. The van der Waals surface area contributed by atoms with E-state index in [4.69, 9.17) is 0 Å². The Labute approximate surface area is 141 Å². The molecule has 124 valence electrons. The first-order valence-electron chi connectivity index (χ1n) is 8.16. The van der Waals surface area contributed by atoms with Crippen molar-refractivity contribution in [1.29, 1.82) is 0 Å². The lowest BCUT2D eigenvalue weighted by molar-refractivity contribution is -0.121. The molecule has 22 heavy (non-hydrogen) atoms. The number of rotatable bonds is 7. The summed E-state index contributed by atoms with van der Waals surface area (Å²) >= 11 is 3.25. The summed E-state index contributed by atoms with van der Waals surface area (Å²) in [4.78, 5) is 14.3. The van der Waals surface area contributed by atoms with Crippen molar-refractivity contribution in [2.24, 2.45) is 0 Å². The van der Waals surface area contributed by atoms with Crippen LogP contribution in [0.15, 0.2) is 4.34 Å². The fraction of sp³-hybridized carbons (Fsp3) is 0.800. The number of nitrogens with one attached hydrogen (secondary N) is 1. The van der Waals surface area contributed by atoms with Crippen molar-refractivity contribution < 1.29 is 4.79 Å². The smallest absolute Gasteiger partial charge is 0.221 e. The van der Waals surface area contributed by atoms with Gasteiger partial charge >= 0.3 is 0 Å². The van der Waals surface area contributed by atoms with E-state index in [0.29, 0.717) is 13.0 Å². The highest BCUT2D eigenvalue weighted by molar-refractivity contribution is 8.01. The molecule has 1 aromatic heterocycles. The molecule has 1 aliphatic heterocycles. The normalized spacial score (nSPS) is 17.0. The molecule has 0 aliphatic carbocycles. The van der Waals surface area contributed by atoms with Crippen LogP contribution in [-0.2, 0) is 4.79 Å². The average Bonchev–Trinajstić information content (AvgIpc) is 2.88. The van der Waals surface area contributed by atoms with E-state index in [9.17, 15) is 4.79 Å². The van der Waals surface area contributed by atoms with E-state index in [1.165, 1.54) is 32.1 Å². The molecular weight excluding hydrogens is 316 g/mol. The summed E-state index contributed by atoms with van der Waals surface area (Å²) in [5, 5.41) is 12.0. The quantitative estimate of drug-likeness (QED) is 0.610. The predicted molar refractivity (Wildman–Crippen MR) is 92.5 cm³/mol. The van der Waals surface area contributed by atoms with Gasteiger partial charge in [0.15, 0.2) is 4.34 Å². The molecule has 0 bridgehead atoms. The first-order chi connectivity index (χ1) is 10.7. The summed E-state index contributed by atoms with van der Waals surface area (Å²) in [7, 11) is 0. The topological polar surface area (TPSA) is 58.1 Å². The van der Waals surface area contributed by atoms with Crippen LogP contribution in [0.3, 0.4) is 0 Å². The van der Waals surface area contributed by atoms with Crippen molar-refractivity contribution >= 4 is 29.0 Å². The second-order valence-electron chi connectivity index (χ2n) is 5.64. The number of nitrogens with zero attached hydrogens (tertiary/aromatic N) is 3. The van der Waals surface area contributed by atoms with Crippen LogP contribution in [0, 0.1) is 6.92 Å². The highest BCUT2D eigenvalue weighted by Crippen LogP contribution is 2.20. The number of hydrogen-bond donors (Lipinski definition) is 1. The Morgan fingerprint density at radius 2 is 1.95 bits per heavy atom. The molecule has 1 aliphatic rings. The van der Waals surface area contributed by atoms with Crippen LogP contribution >= 0.6 is 23.1 Å². The number of carbonyl (C=O) groups is 1. The zero-order valence-electron chi connectivity index (χ0n) is 13.3. The van der Waals surface area contributed by atoms with Gasteiger partial charge < -0.3 is 10.2 Å². The molecule has 2 heterocycles. The van der Waals surface area contributed by atoms with Crippen LogP contribution in [0.4, 0.5) is 0 Å². The highest BCUT2D eigenvalue weighted by Gasteiger charge is 2.10. The van der Waals surface area contributed by atoms with Gasteiger partial charge in [0.1, 0.15) is 5.01 Å². The van der Waals surface area contributed by atoms with Crippen LogP contribution in [0.5, 0.6) is 0 Å². The molecule has 0 unspecified atom stereocenters. The lowest BCUT2D eigenvalue weighted by Crippen LogP contribution is -2.33. The van der Waals surface area contributed by atoms with Crippen LogP contribution in [0.2, 0.25) is 0 Å². The van der Waals surface area contributed by atoms with E-state index >= 15 is 0 Å². The van der Waals surface area contributed by atoms with Gasteiger partial charge in [-0.1, -0.05) is 42.4 Å². The second-order valence-corrected chi connectivity index (χ2v) is 8.17. The molecule has 1 aromatic rings. The summed E-state index contributed by atoms with van der Waals surface area (Å²) in [6, 6.07) is 0. The summed E-state index contributed by atoms with van der Waals surface area (Å²) in [5.74, 6) is 1.01. The maximum Gasteiger partial charge on any atom is 0.221 e. The molecule has 1 N–H and O–H groups in total. The standard InChI is InChI=1S/C15H26N4OS2/c1-13-17-18-15(22-13)21-12-8-16-14(20)7-11-19-9-5-3-2-4-6-10-19/h2-12H2,1H3,(H,16,20). The summed E-state index contributed by atoms with van der Waals surface area (Å²) in [5.41, 5.74) is 0. The number of aryl methyl sites for hydroxylation is 1. The van der Waals surface area contributed by atoms with E-state index in [2.05, 4.69) is 20.4 Å². The van der Waals surface area contributed by atoms with Gasteiger partial charge in [0.25, 0.3) is 0 Å². The lowest BCUT2D eigenvalue weighted by atomic mass is 10.1. The third kappa shape index (κ3) is 7.07. The number of hydrogen-bond acceptors (Lipinski definition) is 6. The Morgan fingerprint density at radius 3 is 2.64 bits per heavy atom. The van der Waals surface area contributed by atoms with Crippen molar-refractivity contribution in [3.8, 4) is 0 Å². The van der Waals surface area contributed by atoms with E-state index in [0.717, 1.165) is 34.7 Å². The molecule has 0 radical (unpaired) electrons. The zero-order valence-corrected chi connectivity index (χ0v) is 15.0. The maximum atomic E-state index is 11.9. The van der Waals surface area contributed by atoms with Crippen LogP contribution in [0.25, 0.3) is 0 Å². The van der Waals surface area contributed by atoms with E-state index in [1.807, 2.05) is 6.92 Å². The molecule has 7 heteroatoms. The Balaban J connectivity index is 1.53. The molecule has 0 atom stereocenters. The molecule has 0 aromatic carbocycles. The van der Waals surface area contributed by atoms with Crippen molar-refractivity contribution in [1.82, 2.24) is 20.4 Å². The Morgan fingerprint density at radius 1 is 1.23 bits per heavy atom. The van der Waals surface area contributed by atoms with Gasteiger partial charge in [-0.25, -0.2) is 0 Å². The number of amides is 1. The molecule has 1 saturated heterocycles. The highest BCUT2D eigenvalue weighted by atomic mass is 32.2. The van der Waals surface area contributed by atoms with E-state index < -0.39 is 0 Å². The fourth-order valence-corrected chi connectivity index (χ4v) is 4.29. The molecule has 1 amide bonds. The number of carbonyl (C=O) groups excluding carboxylic acids is 1. The van der Waals surface area contributed by atoms with Gasteiger partial charge in [-0.3, -0.25) is 4.79 Å². The molecule has 5 nitrogen and oxygen atoms in total. The Hall–Kier alpha value is -0.660. The van der Waals surface area contributed by atoms with Gasteiger partial charge in [-0.05, 0) is 32.9 Å². The maximum absolute atomic E-state index is 11.9. The van der Waals surface area contributed by atoms with Gasteiger partial charge in [-0.2, -0.15) is 0 Å². The number of likely N-dealkylation sites (tertiary alicyclic amines) is 1. The van der Waals surface area contributed by atoms with E-state index in [1.54, 1.807) is 23.1 Å². The molecule has 0 spiro atoms. The monoisotopic (exact) mass is 342 g/mol. The van der Waals surface area contributed by atoms with Gasteiger partial charge in [0.2, 0.25) is 5.91 Å². The third-order valence-corrected chi connectivity index (χ3v) is 5.73. The van der Waals surface area contributed by atoms with Gasteiger partial charge in [0, 0.05) is 25.3 Å². The molecule has 1 fully saturated rings. The zero-order chi connectivity index (χ0) is 15.6. The average molecular weight is 343 g/mol. The van der Waals surface area contributed by atoms with Crippen molar-refractivity contribution in [2.45, 2.75) is 49.8 Å². The Kier molecular flexibility index (Phi) is 8.18. The summed E-state index contributed by atoms with van der Waals surface area (Å²) in [6.07, 6.45) is 7.22. The first kappa shape index (κ1) is 17.7. The van der Waals surface area contributed by atoms with E-state index in [-0.39, 0.29) is 5.91 Å². The summed E-state index contributed by atoms with van der Waals surface area (Å²) < 4.78 is 0.979. The van der Waals surface area contributed by atoms with Crippen molar-refractivity contribution in [2.75, 3.05) is 31.9 Å². The predicted octanol–water partition coefficient (Wildman–Crippen LogP) is 2.71. The lowest BCUT2D eigenvalue weighted by Gasteiger charge is -2.24. The Bertz CT molecular complexity index is 445. The molecule has 0 saturated carbocycles. The van der Waals surface area contributed by atoms with Gasteiger partial charge in [0.05, 0.1) is 0 Å². The largest absolute Gasteiger partial charge is 0.355 e. The van der Waals surface area contributed by atoms with Crippen LogP contribution in [0.1, 0.15) is 43.5 Å². The summed E-state index contributed by atoms with van der Waals surface area (Å²) in [6.45, 7) is 5.85. The van der Waals surface area contributed by atoms with Gasteiger partial charge in [-0.15, -0.1) is 10.2 Å². The van der Waals surface area contributed by atoms with Crippen molar-refractivity contribution in [3.63, 3.8) is 0 Å². The fourth-order valence-electron chi connectivity index (χ4n) is 2.55. The van der Waals surface area contributed by atoms with Crippen LogP contribution < -0.4 is 5.32 Å². The molecular formula is C15H26N4OS2. The SMILES string of the molecule is Cc1nnc(SCCNC(=O)CCN2CCCCCCC2)s1. The second kappa shape index (κ2) is 10.2. The third-order valence-electron chi connectivity index (χ3n) is 3.76. The first-order valence-corrected chi connectivity index (χ1v) is 9.96. The van der Waals surface area contributed by atoms with Crippen LogP contribution in [-0.4, -0.2) is 52.9 Å². The number of thioether (sulfide) groups is 1. The number of aromatic nitrogens is 2. The minimum absolute atomic E-state index is 0.163.